The van der Waals surface area contributed by atoms with E-state index in [0.717, 1.165) is 25.9 Å². The average molecular weight is 747 g/mol. The largest absolute Gasteiger partial charge is 0.344 e. The third kappa shape index (κ3) is 8.26. The van der Waals surface area contributed by atoms with Gasteiger partial charge in [0.25, 0.3) is 0 Å². The fraction of sp³-hybridized carbons (Fsp3) is 0.453. The summed E-state index contributed by atoms with van der Waals surface area (Å²) in [7, 11) is 4.36. The van der Waals surface area contributed by atoms with Gasteiger partial charge in [-0.3, -0.25) is 0 Å². The van der Waals surface area contributed by atoms with E-state index in [1.165, 1.54) is 137 Å². The molecule has 1 aliphatic carbocycles. The van der Waals surface area contributed by atoms with Gasteiger partial charge in [0.15, 0.2) is 5.71 Å². The molecule has 0 amide bonds. The van der Waals surface area contributed by atoms with Crippen LogP contribution in [0.2, 0.25) is 0 Å². The molecule has 0 fully saturated rings. The monoisotopic (exact) mass is 747 g/mol. The molecule has 2 heterocycles. The van der Waals surface area contributed by atoms with Crippen molar-refractivity contribution in [2.24, 2.45) is 0 Å². The van der Waals surface area contributed by atoms with Crippen LogP contribution in [0.15, 0.2) is 120 Å². The number of hydrogen-bond donors (Lipinski definition) is 0. The summed E-state index contributed by atoms with van der Waals surface area (Å²) in [4.78, 5) is 4.97. The molecule has 0 atom stereocenters. The number of benzene rings is 4. The lowest BCUT2D eigenvalue weighted by Crippen LogP contribution is -2.28. The minimum absolute atomic E-state index is 0.0720. The molecular formula is C53H68N3+. The quantitative estimate of drug-likeness (QED) is 0.0834. The third-order valence-corrected chi connectivity index (χ3v) is 12.9. The molecule has 0 radical (unpaired) electrons. The predicted molar refractivity (Wildman–Crippen MR) is 244 cm³/mol. The van der Waals surface area contributed by atoms with Gasteiger partial charge in [-0.1, -0.05) is 126 Å². The maximum absolute atomic E-state index is 2.66. The molecule has 3 nitrogen and oxygen atoms in total. The lowest BCUT2D eigenvalue weighted by Gasteiger charge is -2.27. The van der Waals surface area contributed by atoms with E-state index in [0.29, 0.717) is 0 Å². The first-order chi connectivity index (χ1) is 27.1. The van der Waals surface area contributed by atoms with E-state index >= 15 is 0 Å². The van der Waals surface area contributed by atoms with Gasteiger partial charge in [0.05, 0.1) is 5.41 Å². The maximum Gasteiger partial charge on any atom is 0.210 e. The summed E-state index contributed by atoms with van der Waals surface area (Å²) >= 11 is 0. The zero-order chi connectivity index (χ0) is 39.3. The number of hydrogen-bond acceptors (Lipinski definition) is 2. The van der Waals surface area contributed by atoms with E-state index in [1.54, 1.807) is 0 Å². The molecule has 0 spiro atoms. The van der Waals surface area contributed by atoms with E-state index < -0.39 is 0 Å². The lowest BCUT2D eigenvalue weighted by molar-refractivity contribution is -0.438. The molecule has 0 bridgehead atoms. The van der Waals surface area contributed by atoms with Crippen LogP contribution in [0.1, 0.15) is 123 Å². The van der Waals surface area contributed by atoms with Crippen LogP contribution >= 0.6 is 0 Å². The van der Waals surface area contributed by atoms with E-state index in [9.17, 15) is 0 Å². The van der Waals surface area contributed by atoms with Crippen molar-refractivity contribution in [3.8, 4) is 0 Å². The number of nitrogens with zero attached hydrogens (tertiary/aromatic N) is 3. The molecule has 0 unspecified atom stereocenters. The zero-order valence-electron chi connectivity index (χ0n) is 35.8. The Bertz CT molecular complexity index is 2190. The SMILES string of the molecule is CCCCCCC[N+]1=C(/C=C/C2=CC(=C/C=C3/N(CCCCCCN(C)C)c4ccc5ccccc5c4C3(C)C)/CCC2)C(C)(C)c2c1ccc1ccccc21. The molecule has 3 heteroatoms. The Morgan fingerprint density at radius 2 is 1.36 bits per heavy atom. The van der Waals surface area contributed by atoms with Crippen LogP contribution in [0.25, 0.3) is 21.5 Å². The second kappa shape index (κ2) is 17.5. The highest BCUT2D eigenvalue weighted by molar-refractivity contribution is 6.07. The first kappa shape index (κ1) is 40.0. The zero-order valence-corrected chi connectivity index (χ0v) is 35.8. The summed E-state index contributed by atoms with van der Waals surface area (Å²) in [6.45, 7) is 15.4. The molecule has 0 saturated heterocycles. The first-order valence-corrected chi connectivity index (χ1v) is 22.0. The Hall–Kier alpha value is -4.21. The maximum atomic E-state index is 2.66. The topological polar surface area (TPSA) is 9.49 Å². The van der Waals surface area contributed by atoms with Crippen LogP contribution in [0.5, 0.6) is 0 Å². The van der Waals surface area contributed by atoms with Gasteiger partial charge >= 0.3 is 0 Å². The van der Waals surface area contributed by atoms with Crippen molar-refractivity contribution in [1.29, 1.82) is 0 Å². The highest BCUT2D eigenvalue weighted by Crippen LogP contribution is 2.51. The lowest BCUT2D eigenvalue weighted by atomic mass is 9.79. The number of fused-ring (bicyclic) bond motifs is 6. The average Bonchev–Trinajstić information content (AvgIpc) is 3.55. The fourth-order valence-corrected chi connectivity index (χ4v) is 9.99. The Labute approximate surface area is 339 Å². The number of anilines is 1. The van der Waals surface area contributed by atoms with Gasteiger partial charge in [-0.2, -0.15) is 4.58 Å². The van der Waals surface area contributed by atoms with Gasteiger partial charge in [-0.15, -0.1) is 0 Å². The molecule has 0 saturated carbocycles. The smallest absolute Gasteiger partial charge is 0.210 e. The second-order valence-electron chi connectivity index (χ2n) is 18.1. The summed E-state index contributed by atoms with van der Waals surface area (Å²) in [6.07, 6.45) is 27.4. The van der Waals surface area contributed by atoms with Crippen molar-refractivity contribution in [2.45, 2.75) is 122 Å². The highest BCUT2D eigenvalue weighted by atomic mass is 15.2. The summed E-state index contributed by atoms with van der Waals surface area (Å²) < 4.78 is 2.66. The molecule has 2 aliphatic heterocycles. The first-order valence-electron chi connectivity index (χ1n) is 22.0. The van der Waals surface area contributed by atoms with Gasteiger partial charge in [-0.05, 0) is 129 Å². The molecule has 0 aromatic heterocycles. The molecular weight excluding hydrogens is 679 g/mol. The second-order valence-corrected chi connectivity index (χ2v) is 18.1. The molecule has 294 valence electrons. The predicted octanol–water partition coefficient (Wildman–Crippen LogP) is 13.7. The minimum Gasteiger partial charge on any atom is -0.344 e. The van der Waals surface area contributed by atoms with Crippen molar-refractivity contribution in [3.63, 3.8) is 0 Å². The van der Waals surface area contributed by atoms with Crippen LogP contribution in [0.3, 0.4) is 0 Å². The normalized spacial score (nSPS) is 19.0. The molecule has 7 rings (SSSR count). The van der Waals surface area contributed by atoms with Crippen LogP contribution in [-0.4, -0.2) is 48.9 Å². The minimum atomic E-state index is -0.0802. The standard InChI is InChI=1S/C53H68N3/c1-8-9-10-11-19-37-55-46-32-30-42-24-14-16-26-44(42)50(46)52(2,3)48(55)34-28-40-22-21-23-41(39-40)29-35-49-53(4,5)51-45-27-17-15-25-43(45)31-33-47(51)56(49)38-20-13-12-18-36-54(6)7/h14-17,24-35,39H,8-13,18-23,36-38H2,1-7H3/q+1. The fourth-order valence-electron chi connectivity index (χ4n) is 9.99. The number of allylic oxidation sites excluding steroid dienone is 8. The summed E-state index contributed by atoms with van der Waals surface area (Å²) in [5.74, 6) is 0. The molecule has 3 aliphatic rings. The Balaban J connectivity index is 1.18. The summed E-state index contributed by atoms with van der Waals surface area (Å²) in [5, 5.41) is 5.47. The van der Waals surface area contributed by atoms with Crippen molar-refractivity contribution in [3.05, 3.63) is 131 Å². The van der Waals surface area contributed by atoms with Crippen LogP contribution < -0.4 is 4.90 Å². The van der Waals surface area contributed by atoms with Crippen LogP contribution in [-0.2, 0) is 10.8 Å². The Morgan fingerprint density at radius 3 is 2.11 bits per heavy atom. The summed E-state index contributed by atoms with van der Waals surface area (Å²) in [6, 6.07) is 27.4. The van der Waals surface area contributed by atoms with Gasteiger partial charge in [0.2, 0.25) is 5.69 Å². The summed E-state index contributed by atoms with van der Waals surface area (Å²) in [5.41, 5.74) is 11.4. The van der Waals surface area contributed by atoms with E-state index in [1.807, 2.05) is 0 Å². The van der Waals surface area contributed by atoms with E-state index in [-0.39, 0.29) is 10.8 Å². The van der Waals surface area contributed by atoms with Gasteiger partial charge in [-0.25, -0.2) is 0 Å². The molecule has 56 heavy (non-hydrogen) atoms. The van der Waals surface area contributed by atoms with Gasteiger partial charge < -0.3 is 9.80 Å². The van der Waals surface area contributed by atoms with Crippen molar-refractivity contribution >= 4 is 38.6 Å². The van der Waals surface area contributed by atoms with Crippen LogP contribution in [0, 0.1) is 0 Å². The molecule has 4 aromatic carbocycles. The van der Waals surface area contributed by atoms with Gasteiger partial charge in [0.1, 0.15) is 6.54 Å². The third-order valence-electron chi connectivity index (χ3n) is 12.9. The molecule has 4 aromatic rings. The van der Waals surface area contributed by atoms with Crippen LogP contribution in [0.4, 0.5) is 11.4 Å². The number of rotatable bonds is 16. The van der Waals surface area contributed by atoms with Crippen molar-refractivity contribution in [2.75, 3.05) is 38.6 Å². The van der Waals surface area contributed by atoms with E-state index in [2.05, 4.69) is 166 Å². The highest BCUT2D eigenvalue weighted by Gasteiger charge is 2.45. The number of unbranched alkanes of at least 4 members (excludes halogenated alkanes) is 7. The van der Waals surface area contributed by atoms with Crippen molar-refractivity contribution in [1.82, 2.24) is 4.90 Å². The Morgan fingerprint density at radius 1 is 0.679 bits per heavy atom. The van der Waals surface area contributed by atoms with Crippen molar-refractivity contribution < 1.29 is 4.58 Å². The Kier molecular flexibility index (Phi) is 12.5. The molecule has 0 N–H and O–H groups in total. The van der Waals surface area contributed by atoms with E-state index in [4.69, 9.17) is 0 Å². The van der Waals surface area contributed by atoms with Gasteiger partial charge in [0, 0.05) is 47.5 Å².